The predicted molar refractivity (Wildman–Crippen MR) is 88.3 cm³/mol. The summed E-state index contributed by atoms with van der Waals surface area (Å²) >= 11 is 0. The van der Waals surface area contributed by atoms with Crippen LogP contribution in [0.15, 0.2) is 54.6 Å². The molecule has 4 heteroatoms. The third-order valence-corrected chi connectivity index (χ3v) is 4.02. The lowest BCUT2D eigenvalue weighted by Gasteiger charge is -2.11. The number of rotatable bonds is 4. The topological polar surface area (TPSA) is 53.2 Å². The van der Waals surface area contributed by atoms with Crippen molar-refractivity contribution < 1.29 is 4.79 Å². The monoisotopic (exact) mass is 295 g/mol. The number of aryl methyl sites for hydroxylation is 1. The van der Waals surface area contributed by atoms with Gasteiger partial charge in [-0.05, 0) is 36.1 Å². The van der Waals surface area contributed by atoms with Crippen molar-refractivity contribution in [3.63, 3.8) is 0 Å². The molecule has 0 aromatic heterocycles. The molecular formula is C18H21N3O. The lowest BCUT2D eigenvalue weighted by atomic mass is 10.0. The van der Waals surface area contributed by atoms with Gasteiger partial charge in [0, 0.05) is 11.7 Å². The van der Waals surface area contributed by atoms with Crippen LogP contribution >= 0.6 is 0 Å². The number of hydrogen-bond donors (Lipinski definition) is 3. The van der Waals surface area contributed by atoms with Crippen molar-refractivity contribution in [3.05, 3.63) is 65.7 Å². The number of anilines is 1. The maximum atomic E-state index is 12.4. The molecule has 22 heavy (non-hydrogen) atoms. The molecule has 4 nitrogen and oxygen atoms in total. The zero-order valence-corrected chi connectivity index (χ0v) is 12.7. The van der Waals surface area contributed by atoms with Crippen molar-refractivity contribution in [2.24, 2.45) is 0 Å². The minimum atomic E-state index is -0.226. The molecule has 0 saturated carbocycles. The van der Waals surface area contributed by atoms with Crippen LogP contribution < -0.4 is 16.2 Å². The van der Waals surface area contributed by atoms with E-state index in [1.807, 2.05) is 36.4 Å². The van der Waals surface area contributed by atoms with Crippen molar-refractivity contribution in [1.29, 1.82) is 0 Å². The molecule has 1 amide bonds. The van der Waals surface area contributed by atoms with Crippen LogP contribution in [0.25, 0.3) is 0 Å². The van der Waals surface area contributed by atoms with Crippen LogP contribution in [0.2, 0.25) is 0 Å². The average Bonchev–Trinajstić information content (AvgIpc) is 3.06. The fourth-order valence-electron chi connectivity index (χ4n) is 2.73. The number of hydrazine groups is 1. The van der Waals surface area contributed by atoms with E-state index in [9.17, 15) is 4.79 Å². The van der Waals surface area contributed by atoms with E-state index < -0.39 is 0 Å². The van der Waals surface area contributed by atoms with Crippen LogP contribution in [0.1, 0.15) is 30.5 Å². The molecule has 0 bridgehead atoms. The van der Waals surface area contributed by atoms with Gasteiger partial charge < -0.3 is 5.32 Å². The predicted octanol–water partition coefficient (Wildman–Crippen LogP) is 2.80. The summed E-state index contributed by atoms with van der Waals surface area (Å²) in [5.41, 5.74) is 9.56. The normalized spacial score (nSPS) is 20.8. The average molecular weight is 295 g/mol. The van der Waals surface area contributed by atoms with Crippen molar-refractivity contribution in [2.45, 2.75) is 31.8 Å². The zero-order valence-electron chi connectivity index (χ0n) is 12.7. The van der Waals surface area contributed by atoms with Crippen molar-refractivity contribution >= 4 is 11.6 Å². The Kier molecular flexibility index (Phi) is 4.51. The van der Waals surface area contributed by atoms with Crippen LogP contribution in [0, 0.1) is 0 Å². The number of nitrogens with one attached hydrogen (secondary N) is 3. The number of hydrogen-bond acceptors (Lipinski definition) is 3. The fourth-order valence-corrected chi connectivity index (χ4v) is 2.73. The first-order valence-corrected chi connectivity index (χ1v) is 7.72. The highest BCUT2D eigenvalue weighted by Crippen LogP contribution is 2.22. The standard InChI is InChI=1S/C18H21N3O/c1-2-13-7-6-10-15(11-13)19-18(22)17-12-16(20-21-17)14-8-4-3-5-9-14/h3-11,16-17,20-21H,2,12H2,1H3,(H,19,22). The zero-order chi connectivity index (χ0) is 15.4. The molecule has 2 aromatic rings. The maximum absolute atomic E-state index is 12.4. The molecule has 1 saturated heterocycles. The minimum Gasteiger partial charge on any atom is -0.325 e. The van der Waals surface area contributed by atoms with Gasteiger partial charge in [-0.3, -0.25) is 4.79 Å². The molecule has 0 radical (unpaired) electrons. The van der Waals surface area contributed by atoms with E-state index in [-0.39, 0.29) is 18.0 Å². The third-order valence-electron chi connectivity index (χ3n) is 4.02. The van der Waals surface area contributed by atoms with Gasteiger partial charge in [0.25, 0.3) is 0 Å². The van der Waals surface area contributed by atoms with Gasteiger partial charge in [0.1, 0.15) is 6.04 Å². The van der Waals surface area contributed by atoms with Gasteiger partial charge in [0.05, 0.1) is 0 Å². The lowest BCUT2D eigenvalue weighted by Crippen LogP contribution is -2.39. The van der Waals surface area contributed by atoms with Gasteiger partial charge in [-0.25, -0.2) is 10.9 Å². The van der Waals surface area contributed by atoms with E-state index >= 15 is 0 Å². The van der Waals surface area contributed by atoms with E-state index in [4.69, 9.17) is 0 Å². The summed E-state index contributed by atoms with van der Waals surface area (Å²) in [5.74, 6) is -0.000755. The van der Waals surface area contributed by atoms with E-state index in [0.29, 0.717) is 0 Å². The Morgan fingerprint density at radius 3 is 2.73 bits per heavy atom. The summed E-state index contributed by atoms with van der Waals surface area (Å²) in [6.07, 6.45) is 1.70. The first-order chi connectivity index (χ1) is 10.8. The van der Waals surface area contributed by atoms with E-state index in [1.165, 1.54) is 11.1 Å². The molecule has 1 aliphatic heterocycles. The molecule has 1 aliphatic rings. The minimum absolute atomic E-state index is 0.000755. The van der Waals surface area contributed by atoms with Crippen LogP contribution in [0.5, 0.6) is 0 Å². The molecular weight excluding hydrogens is 274 g/mol. The summed E-state index contributed by atoms with van der Waals surface area (Å²) < 4.78 is 0. The molecule has 114 valence electrons. The van der Waals surface area contributed by atoms with Crippen molar-refractivity contribution in [2.75, 3.05) is 5.32 Å². The Hall–Kier alpha value is -2.17. The molecule has 3 rings (SSSR count). The molecule has 2 aromatic carbocycles. The molecule has 0 spiro atoms. The third kappa shape index (κ3) is 3.35. The number of carbonyl (C=O) groups excluding carboxylic acids is 1. The highest BCUT2D eigenvalue weighted by molar-refractivity contribution is 5.95. The Bertz CT molecular complexity index is 642. The maximum Gasteiger partial charge on any atom is 0.242 e. The smallest absolute Gasteiger partial charge is 0.242 e. The molecule has 0 aliphatic carbocycles. The molecule has 2 unspecified atom stereocenters. The molecule has 3 N–H and O–H groups in total. The first kappa shape index (κ1) is 14.8. The summed E-state index contributed by atoms with van der Waals surface area (Å²) in [7, 11) is 0. The highest BCUT2D eigenvalue weighted by Gasteiger charge is 2.29. The van der Waals surface area contributed by atoms with Crippen LogP contribution in [-0.2, 0) is 11.2 Å². The largest absolute Gasteiger partial charge is 0.325 e. The fraction of sp³-hybridized carbons (Fsp3) is 0.278. The second-order valence-electron chi connectivity index (χ2n) is 5.58. The van der Waals surface area contributed by atoms with E-state index in [1.54, 1.807) is 0 Å². The molecule has 1 heterocycles. The van der Waals surface area contributed by atoms with Gasteiger partial charge >= 0.3 is 0 Å². The summed E-state index contributed by atoms with van der Waals surface area (Å²) in [4.78, 5) is 12.4. The van der Waals surface area contributed by atoms with Gasteiger partial charge in [0.15, 0.2) is 0 Å². The molecule has 2 atom stereocenters. The number of amides is 1. The Labute approximate surface area is 130 Å². The number of benzene rings is 2. The van der Waals surface area contributed by atoms with Gasteiger partial charge in [0.2, 0.25) is 5.91 Å². The van der Waals surface area contributed by atoms with E-state index in [2.05, 4.69) is 41.3 Å². The van der Waals surface area contributed by atoms with Gasteiger partial charge in [-0.15, -0.1) is 0 Å². The SMILES string of the molecule is CCc1cccc(NC(=O)C2CC(c3ccccc3)NN2)c1. The summed E-state index contributed by atoms with van der Waals surface area (Å²) in [5, 5.41) is 2.99. The van der Waals surface area contributed by atoms with E-state index in [0.717, 1.165) is 18.5 Å². The summed E-state index contributed by atoms with van der Waals surface area (Å²) in [6, 6.07) is 18.1. The Morgan fingerprint density at radius 2 is 1.95 bits per heavy atom. The van der Waals surface area contributed by atoms with Crippen molar-refractivity contribution in [1.82, 2.24) is 10.9 Å². The van der Waals surface area contributed by atoms with Gasteiger partial charge in [-0.2, -0.15) is 0 Å². The number of carbonyl (C=O) groups is 1. The Balaban J connectivity index is 1.62. The van der Waals surface area contributed by atoms with Crippen LogP contribution in [-0.4, -0.2) is 11.9 Å². The second-order valence-corrected chi connectivity index (χ2v) is 5.58. The van der Waals surface area contributed by atoms with Crippen molar-refractivity contribution in [3.8, 4) is 0 Å². The molecule has 1 fully saturated rings. The highest BCUT2D eigenvalue weighted by atomic mass is 16.2. The van der Waals surface area contributed by atoms with Gasteiger partial charge in [-0.1, -0.05) is 49.4 Å². The first-order valence-electron chi connectivity index (χ1n) is 7.72. The van der Waals surface area contributed by atoms with Crippen LogP contribution in [0.4, 0.5) is 5.69 Å². The quantitative estimate of drug-likeness (QED) is 0.813. The second kappa shape index (κ2) is 6.73. The van der Waals surface area contributed by atoms with Crippen LogP contribution in [0.3, 0.4) is 0 Å². The lowest BCUT2D eigenvalue weighted by molar-refractivity contribution is -0.117. The summed E-state index contributed by atoms with van der Waals surface area (Å²) in [6.45, 7) is 2.10. The Morgan fingerprint density at radius 1 is 1.14 bits per heavy atom.